The molecule has 3 rings (SSSR count). The van der Waals surface area contributed by atoms with E-state index in [1.165, 1.54) is 12.1 Å². The first-order valence-corrected chi connectivity index (χ1v) is 12.3. The number of nitrogens with one attached hydrogen (secondary N) is 3. The van der Waals surface area contributed by atoms with Gasteiger partial charge in [0.2, 0.25) is 5.91 Å². The molecule has 0 aliphatic carbocycles. The van der Waals surface area contributed by atoms with Crippen molar-refractivity contribution in [3.8, 4) is 0 Å². The number of urea groups is 1. The second kappa shape index (κ2) is 11.9. The number of carbonyl (C=O) groups excluding carboxylic acids is 3. The first-order chi connectivity index (χ1) is 17.1. The summed E-state index contributed by atoms with van der Waals surface area (Å²) in [5, 5.41) is 8.72. The molecule has 1 heterocycles. The van der Waals surface area contributed by atoms with Crippen molar-refractivity contribution in [3.05, 3.63) is 59.4 Å². The second-order valence-corrected chi connectivity index (χ2v) is 9.95. The zero-order valence-electron chi connectivity index (χ0n) is 21.5. The number of hydrogen-bond donors (Lipinski definition) is 3. The first kappa shape index (κ1) is 27.0. The molecule has 2 aromatic carbocycles. The van der Waals surface area contributed by atoms with E-state index < -0.39 is 0 Å². The minimum atomic E-state index is -0.335. The quantitative estimate of drug-likeness (QED) is 0.560. The molecule has 4 amide bonds. The Labute approximate surface area is 212 Å². The van der Waals surface area contributed by atoms with Crippen molar-refractivity contribution in [1.82, 2.24) is 15.5 Å². The SMILES string of the molecule is CCC(=O)Nc1ccc(N2CCCN(C(=O)NC(C)(C)C)CC2)c(C(=O)NCc2ccc(F)cc2)c1. The van der Waals surface area contributed by atoms with Crippen LogP contribution >= 0.6 is 0 Å². The van der Waals surface area contributed by atoms with E-state index in [-0.39, 0.29) is 35.7 Å². The Morgan fingerprint density at radius 2 is 1.69 bits per heavy atom. The van der Waals surface area contributed by atoms with Crippen LogP contribution in [-0.2, 0) is 11.3 Å². The monoisotopic (exact) mass is 497 g/mol. The minimum Gasteiger partial charge on any atom is -0.369 e. The Bertz CT molecular complexity index is 1080. The van der Waals surface area contributed by atoms with E-state index >= 15 is 0 Å². The van der Waals surface area contributed by atoms with Crippen LogP contribution in [0.25, 0.3) is 0 Å². The molecule has 1 fully saturated rings. The van der Waals surface area contributed by atoms with Crippen LogP contribution in [-0.4, -0.2) is 54.5 Å². The van der Waals surface area contributed by atoms with Crippen LogP contribution in [0.1, 0.15) is 56.5 Å². The Balaban J connectivity index is 1.79. The number of rotatable bonds is 6. The van der Waals surface area contributed by atoms with Gasteiger partial charge in [0.15, 0.2) is 0 Å². The van der Waals surface area contributed by atoms with E-state index in [2.05, 4.69) is 20.9 Å². The molecule has 0 aromatic heterocycles. The highest BCUT2D eigenvalue weighted by Gasteiger charge is 2.25. The van der Waals surface area contributed by atoms with Gasteiger partial charge in [-0.15, -0.1) is 0 Å². The molecule has 1 aliphatic heterocycles. The highest BCUT2D eigenvalue weighted by Crippen LogP contribution is 2.26. The van der Waals surface area contributed by atoms with Crippen molar-refractivity contribution in [2.24, 2.45) is 0 Å². The molecular formula is C27H36FN5O3. The summed E-state index contributed by atoms with van der Waals surface area (Å²) in [5.41, 5.74) is 2.16. The van der Waals surface area contributed by atoms with Crippen LogP contribution in [0.4, 0.5) is 20.6 Å². The summed E-state index contributed by atoms with van der Waals surface area (Å²) in [6, 6.07) is 11.2. The van der Waals surface area contributed by atoms with E-state index in [1.54, 1.807) is 36.1 Å². The molecule has 36 heavy (non-hydrogen) atoms. The van der Waals surface area contributed by atoms with Gasteiger partial charge in [-0.05, 0) is 63.1 Å². The van der Waals surface area contributed by atoms with Crippen molar-refractivity contribution in [2.45, 2.75) is 52.6 Å². The molecule has 1 aliphatic rings. The van der Waals surface area contributed by atoms with E-state index in [9.17, 15) is 18.8 Å². The third-order valence-corrected chi connectivity index (χ3v) is 5.82. The van der Waals surface area contributed by atoms with E-state index in [1.807, 2.05) is 26.8 Å². The minimum absolute atomic E-state index is 0.0979. The molecule has 3 N–H and O–H groups in total. The number of nitrogens with zero attached hydrogens (tertiary/aromatic N) is 2. The first-order valence-electron chi connectivity index (χ1n) is 12.3. The molecular weight excluding hydrogens is 461 g/mol. The molecule has 2 aromatic rings. The molecule has 194 valence electrons. The van der Waals surface area contributed by atoms with Crippen molar-refractivity contribution >= 4 is 29.2 Å². The summed E-state index contributed by atoms with van der Waals surface area (Å²) < 4.78 is 13.2. The van der Waals surface area contributed by atoms with Gasteiger partial charge in [-0.1, -0.05) is 19.1 Å². The lowest BCUT2D eigenvalue weighted by Crippen LogP contribution is -2.49. The summed E-state index contributed by atoms with van der Waals surface area (Å²) in [6.45, 7) is 10.2. The summed E-state index contributed by atoms with van der Waals surface area (Å²) in [4.78, 5) is 41.8. The largest absolute Gasteiger partial charge is 0.369 e. The van der Waals surface area contributed by atoms with Crippen molar-refractivity contribution in [3.63, 3.8) is 0 Å². The highest BCUT2D eigenvalue weighted by atomic mass is 19.1. The fourth-order valence-electron chi connectivity index (χ4n) is 3.96. The topological polar surface area (TPSA) is 93.8 Å². The van der Waals surface area contributed by atoms with Gasteiger partial charge in [-0.2, -0.15) is 0 Å². The van der Waals surface area contributed by atoms with Crippen LogP contribution in [0, 0.1) is 5.82 Å². The number of anilines is 2. The molecule has 9 heteroatoms. The smallest absolute Gasteiger partial charge is 0.317 e. The lowest BCUT2D eigenvalue weighted by molar-refractivity contribution is -0.115. The molecule has 0 bridgehead atoms. The van der Waals surface area contributed by atoms with Gasteiger partial charge < -0.3 is 25.8 Å². The third-order valence-electron chi connectivity index (χ3n) is 5.82. The Hall–Kier alpha value is -3.62. The number of carbonyl (C=O) groups is 3. The average Bonchev–Trinajstić information content (AvgIpc) is 3.09. The fraction of sp³-hybridized carbons (Fsp3) is 0.444. The van der Waals surface area contributed by atoms with Gasteiger partial charge in [0.1, 0.15) is 5.82 Å². The van der Waals surface area contributed by atoms with Gasteiger partial charge in [0.25, 0.3) is 5.91 Å². The van der Waals surface area contributed by atoms with Gasteiger partial charge in [0, 0.05) is 56.1 Å². The molecule has 0 spiro atoms. The lowest BCUT2D eigenvalue weighted by Gasteiger charge is -2.28. The molecule has 8 nitrogen and oxygen atoms in total. The molecule has 0 radical (unpaired) electrons. The van der Waals surface area contributed by atoms with E-state index in [0.717, 1.165) is 17.7 Å². The van der Waals surface area contributed by atoms with Crippen LogP contribution in [0.2, 0.25) is 0 Å². The third kappa shape index (κ3) is 7.69. The standard InChI is InChI=1S/C27H36FN5O3/c1-5-24(34)30-21-11-12-23(22(17-21)25(35)29-18-19-7-9-20(28)10-8-19)32-13-6-14-33(16-15-32)26(36)31-27(2,3)4/h7-12,17H,5-6,13-16,18H2,1-4H3,(H,29,35)(H,30,34)(H,31,36). The maximum absolute atomic E-state index is 13.3. The lowest BCUT2D eigenvalue weighted by atomic mass is 10.1. The molecule has 1 saturated heterocycles. The summed E-state index contributed by atoms with van der Waals surface area (Å²) in [5.74, 6) is -0.776. The van der Waals surface area contributed by atoms with Crippen molar-refractivity contribution in [1.29, 1.82) is 0 Å². The van der Waals surface area contributed by atoms with Gasteiger partial charge in [0.05, 0.1) is 5.56 Å². The number of benzene rings is 2. The van der Waals surface area contributed by atoms with E-state index in [4.69, 9.17) is 0 Å². The van der Waals surface area contributed by atoms with Crippen LogP contribution in [0.15, 0.2) is 42.5 Å². The highest BCUT2D eigenvalue weighted by molar-refractivity contribution is 6.02. The van der Waals surface area contributed by atoms with E-state index in [0.29, 0.717) is 43.9 Å². The predicted octanol–water partition coefficient (Wildman–Crippen LogP) is 4.12. The Morgan fingerprint density at radius 3 is 2.36 bits per heavy atom. The van der Waals surface area contributed by atoms with Crippen LogP contribution < -0.4 is 20.9 Å². The number of amides is 4. The summed E-state index contributed by atoms with van der Waals surface area (Å²) >= 11 is 0. The van der Waals surface area contributed by atoms with Gasteiger partial charge >= 0.3 is 6.03 Å². The average molecular weight is 498 g/mol. The zero-order chi connectivity index (χ0) is 26.3. The maximum Gasteiger partial charge on any atom is 0.317 e. The second-order valence-electron chi connectivity index (χ2n) is 9.95. The van der Waals surface area contributed by atoms with Crippen molar-refractivity contribution < 1.29 is 18.8 Å². The van der Waals surface area contributed by atoms with Crippen LogP contribution in [0.5, 0.6) is 0 Å². The predicted molar refractivity (Wildman–Crippen MR) is 140 cm³/mol. The van der Waals surface area contributed by atoms with Crippen LogP contribution in [0.3, 0.4) is 0 Å². The molecule has 0 atom stereocenters. The van der Waals surface area contributed by atoms with Crippen molar-refractivity contribution in [2.75, 3.05) is 36.4 Å². The number of hydrogen-bond acceptors (Lipinski definition) is 4. The normalized spacial score (nSPS) is 14.1. The number of halogens is 1. The van der Waals surface area contributed by atoms with Gasteiger partial charge in [-0.25, -0.2) is 9.18 Å². The Kier molecular flexibility index (Phi) is 8.90. The van der Waals surface area contributed by atoms with Gasteiger partial charge in [-0.3, -0.25) is 9.59 Å². The summed E-state index contributed by atoms with van der Waals surface area (Å²) in [7, 11) is 0. The maximum atomic E-state index is 13.3. The zero-order valence-corrected chi connectivity index (χ0v) is 21.5. The fourth-order valence-corrected chi connectivity index (χ4v) is 3.96. The molecule has 0 unspecified atom stereocenters. The summed E-state index contributed by atoms with van der Waals surface area (Å²) in [6.07, 6.45) is 1.08. The Morgan fingerprint density at radius 1 is 0.972 bits per heavy atom. The molecule has 0 saturated carbocycles.